The topological polar surface area (TPSA) is 12.2 Å². The minimum atomic E-state index is 0.676. The highest BCUT2D eigenvalue weighted by molar-refractivity contribution is 5.60. The molecule has 1 saturated carbocycles. The quantitative estimate of drug-likeness (QED) is 0.677. The average molecular weight is 244 g/mol. The minimum absolute atomic E-state index is 0.676. The molecule has 2 aliphatic rings. The predicted octanol–water partition coefficient (Wildman–Crippen LogP) is 4.13. The van der Waals surface area contributed by atoms with Crippen molar-refractivity contribution >= 4 is 11.9 Å². The molecule has 3 rings (SSSR count). The number of hydrogen-bond acceptors (Lipinski definition) is 1. The highest BCUT2D eigenvalue weighted by Crippen LogP contribution is 2.44. The van der Waals surface area contributed by atoms with Gasteiger partial charge >= 0.3 is 0 Å². The molecule has 2 nitrogen and oxygen atoms in total. The lowest BCUT2D eigenvalue weighted by molar-refractivity contribution is -0.453. The van der Waals surface area contributed by atoms with Crippen LogP contribution in [0.2, 0.25) is 0 Å². The molecule has 2 heteroatoms. The van der Waals surface area contributed by atoms with Gasteiger partial charge in [-0.05, 0) is 31.2 Å². The molecule has 1 aromatic carbocycles. The van der Waals surface area contributed by atoms with Crippen molar-refractivity contribution in [3.63, 3.8) is 0 Å². The van der Waals surface area contributed by atoms with Gasteiger partial charge in [-0.25, -0.2) is 0 Å². The summed E-state index contributed by atoms with van der Waals surface area (Å²) in [4.78, 5) is 0. The summed E-state index contributed by atoms with van der Waals surface area (Å²) in [5.41, 5.74) is 4.07. The van der Waals surface area contributed by atoms with Crippen molar-refractivity contribution < 1.29 is 9.31 Å². The molecular weight excluding hydrogens is 222 g/mol. The molecule has 0 radical (unpaired) electrons. The Balaban J connectivity index is 2.04. The maximum absolute atomic E-state index is 5.94. The van der Waals surface area contributed by atoms with Gasteiger partial charge in [-0.2, -0.15) is 4.58 Å². The lowest BCUT2D eigenvalue weighted by Gasteiger charge is -2.22. The van der Waals surface area contributed by atoms with E-state index in [0.717, 1.165) is 5.75 Å². The molecule has 18 heavy (non-hydrogen) atoms. The molecule has 0 atom stereocenters. The van der Waals surface area contributed by atoms with E-state index in [1.54, 1.807) is 0 Å². The second kappa shape index (κ2) is 4.75. The van der Waals surface area contributed by atoms with Crippen molar-refractivity contribution in [3.8, 4) is 5.75 Å². The first-order valence-electron chi connectivity index (χ1n) is 7.13. The highest BCUT2D eigenvalue weighted by atomic mass is 16.5. The van der Waals surface area contributed by atoms with Gasteiger partial charge in [0.05, 0.1) is 0 Å². The van der Waals surface area contributed by atoms with E-state index < -0.39 is 0 Å². The Morgan fingerprint density at radius 3 is 2.72 bits per heavy atom. The summed E-state index contributed by atoms with van der Waals surface area (Å²) >= 11 is 0. The summed E-state index contributed by atoms with van der Waals surface area (Å²) in [6, 6.07) is 4.59. The fourth-order valence-electron chi connectivity index (χ4n) is 3.29. The maximum Gasteiger partial charge on any atom is 0.292 e. The van der Waals surface area contributed by atoms with E-state index >= 15 is 0 Å². The van der Waals surface area contributed by atoms with E-state index in [-0.39, 0.29) is 0 Å². The van der Waals surface area contributed by atoms with Gasteiger partial charge in [0.25, 0.3) is 12.4 Å². The van der Waals surface area contributed by atoms with Crippen molar-refractivity contribution in [2.75, 3.05) is 6.73 Å². The highest BCUT2D eigenvalue weighted by Gasteiger charge is 2.31. The summed E-state index contributed by atoms with van der Waals surface area (Å²) in [6.07, 6.45) is 8.91. The molecule has 0 amide bonds. The summed E-state index contributed by atoms with van der Waals surface area (Å²) in [5.74, 6) is 1.86. The van der Waals surface area contributed by atoms with E-state index in [4.69, 9.17) is 4.74 Å². The third-order valence-electron chi connectivity index (χ3n) is 4.26. The van der Waals surface area contributed by atoms with E-state index in [9.17, 15) is 0 Å². The molecule has 0 N–H and O–H groups in total. The molecule has 0 aromatic heterocycles. The normalized spacial score (nSPS) is 22.0. The van der Waals surface area contributed by atoms with Crippen LogP contribution in [0.15, 0.2) is 12.1 Å². The number of nitrogens with zero attached hydrogens (tertiary/aromatic N) is 1. The summed E-state index contributed by atoms with van der Waals surface area (Å²) < 4.78 is 8.14. The molecule has 0 saturated heterocycles. The van der Waals surface area contributed by atoms with Crippen LogP contribution < -0.4 is 4.74 Å². The second-order valence-corrected chi connectivity index (χ2v) is 5.54. The lowest BCUT2D eigenvalue weighted by Crippen LogP contribution is -2.06. The molecule has 1 fully saturated rings. The van der Waals surface area contributed by atoms with Crippen LogP contribution in [-0.2, 0) is 0 Å². The standard InChI is InChI=1S/C16H22NO/c1-3-17-11-18-16-14(9-12(2)10-15(16)17)13-7-5-4-6-8-13/h3,9-10,13H,4-8,11H2,1-2H3/q+1/b17-3-. The molecule has 96 valence electrons. The van der Waals surface area contributed by atoms with E-state index in [1.807, 2.05) is 0 Å². The molecule has 0 unspecified atom stereocenters. The number of benzene rings is 1. The summed E-state index contributed by atoms with van der Waals surface area (Å²) in [7, 11) is 0. The van der Waals surface area contributed by atoms with Crippen LogP contribution in [0.25, 0.3) is 0 Å². The van der Waals surface area contributed by atoms with Gasteiger partial charge in [0, 0.05) is 18.6 Å². The average Bonchev–Trinajstić information content (AvgIpc) is 2.81. The first-order valence-corrected chi connectivity index (χ1v) is 7.13. The van der Waals surface area contributed by atoms with Gasteiger partial charge in [-0.15, -0.1) is 0 Å². The van der Waals surface area contributed by atoms with Crippen LogP contribution >= 0.6 is 0 Å². The van der Waals surface area contributed by atoms with Crippen LogP contribution in [0.3, 0.4) is 0 Å². The Labute approximate surface area is 109 Å². The van der Waals surface area contributed by atoms with Crippen molar-refractivity contribution in [1.29, 1.82) is 0 Å². The predicted molar refractivity (Wildman–Crippen MR) is 74.2 cm³/mol. The number of rotatable bonds is 1. The van der Waals surface area contributed by atoms with E-state index in [2.05, 4.69) is 36.8 Å². The number of hydrogen-bond donors (Lipinski definition) is 0. The molecule has 1 aliphatic heterocycles. The van der Waals surface area contributed by atoms with Crippen LogP contribution in [-0.4, -0.2) is 17.5 Å². The zero-order chi connectivity index (χ0) is 12.5. The first kappa shape index (κ1) is 11.8. The molecule has 1 aromatic rings. The number of ether oxygens (including phenoxy) is 1. The number of aryl methyl sites for hydroxylation is 1. The van der Waals surface area contributed by atoms with Crippen molar-refractivity contribution in [3.05, 3.63) is 23.3 Å². The zero-order valence-corrected chi connectivity index (χ0v) is 11.4. The van der Waals surface area contributed by atoms with Gasteiger partial charge in [-0.1, -0.05) is 25.3 Å². The maximum atomic E-state index is 5.94. The van der Waals surface area contributed by atoms with Crippen molar-refractivity contribution in [2.24, 2.45) is 0 Å². The zero-order valence-electron chi connectivity index (χ0n) is 11.4. The molecule has 1 heterocycles. The molecule has 0 bridgehead atoms. The Kier molecular flexibility index (Phi) is 3.11. The van der Waals surface area contributed by atoms with Crippen LogP contribution in [0, 0.1) is 6.92 Å². The van der Waals surface area contributed by atoms with Crippen LogP contribution in [0.1, 0.15) is 56.1 Å². The van der Waals surface area contributed by atoms with Gasteiger partial charge in [0.15, 0.2) is 0 Å². The van der Waals surface area contributed by atoms with Crippen LogP contribution in [0.4, 0.5) is 5.69 Å². The van der Waals surface area contributed by atoms with Crippen LogP contribution in [0.5, 0.6) is 5.75 Å². The second-order valence-electron chi connectivity index (χ2n) is 5.54. The Bertz CT molecular complexity index is 484. The summed E-state index contributed by atoms with van der Waals surface area (Å²) in [6.45, 7) is 4.94. The third kappa shape index (κ3) is 1.94. The first-order chi connectivity index (χ1) is 8.79. The fourth-order valence-corrected chi connectivity index (χ4v) is 3.29. The van der Waals surface area contributed by atoms with Gasteiger partial charge < -0.3 is 4.74 Å². The minimum Gasteiger partial charge on any atom is -0.429 e. The van der Waals surface area contributed by atoms with Crippen molar-refractivity contribution in [2.45, 2.75) is 51.9 Å². The Morgan fingerprint density at radius 2 is 2.00 bits per heavy atom. The SMILES string of the molecule is C/C=[N+]1/COc2c(C3CCCCC3)cc(C)cc21. The Hall–Kier alpha value is -1.31. The molecule has 1 aliphatic carbocycles. The molecular formula is C16H22NO+. The smallest absolute Gasteiger partial charge is 0.292 e. The Morgan fingerprint density at radius 1 is 1.22 bits per heavy atom. The fraction of sp³-hybridized carbons (Fsp3) is 0.562. The van der Waals surface area contributed by atoms with Crippen molar-refractivity contribution in [1.82, 2.24) is 0 Å². The monoisotopic (exact) mass is 244 g/mol. The third-order valence-corrected chi connectivity index (χ3v) is 4.26. The largest absolute Gasteiger partial charge is 0.429 e. The van der Waals surface area contributed by atoms with Gasteiger partial charge in [0.2, 0.25) is 5.75 Å². The summed E-state index contributed by atoms with van der Waals surface area (Å²) in [5, 5.41) is 0. The van der Waals surface area contributed by atoms with E-state index in [1.165, 1.54) is 48.9 Å². The van der Waals surface area contributed by atoms with Gasteiger partial charge in [0.1, 0.15) is 6.21 Å². The number of fused-ring (bicyclic) bond motifs is 1. The van der Waals surface area contributed by atoms with Gasteiger partial charge in [-0.3, -0.25) is 0 Å². The van der Waals surface area contributed by atoms with E-state index in [0.29, 0.717) is 12.6 Å². The lowest BCUT2D eigenvalue weighted by atomic mass is 9.83. The molecule has 0 spiro atoms.